The highest BCUT2D eigenvalue weighted by molar-refractivity contribution is 6.31. The molecule has 0 spiro atoms. The molecule has 0 radical (unpaired) electrons. The monoisotopic (exact) mass is 499 g/mol. The van der Waals surface area contributed by atoms with Crippen LogP contribution in [0.1, 0.15) is 17.3 Å². The van der Waals surface area contributed by atoms with E-state index in [4.69, 9.17) is 16.3 Å². The van der Waals surface area contributed by atoms with Crippen molar-refractivity contribution in [3.05, 3.63) is 65.1 Å². The molecule has 0 saturated carbocycles. The molecule has 1 aromatic heterocycles. The van der Waals surface area contributed by atoms with Gasteiger partial charge in [0.2, 0.25) is 5.91 Å². The van der Waals surface area contributed by atoms with Gasteiger partial charge in [-0.25, -0.2) is 4.39 Å². The maximum Gasteiger partial charge on any atom is 0.255 e. The van der Waals surface area contributed by atoms with Crippen LogP contribution in [-0.2, 0) is 11.8 Å². The van der Waals surface area contributed by atoms with E-state index in [-0.39, 0.29) is 16.5 Å². The Morgan fingerprint density at radius 2 is 1.89 bits per heavy atom. The minimum Gasteiger partial charge on any atom is -0.492 e. The molecule has 2 aromatic carbocycles. The van der Waals surface area contributed by atoms with Gasteiger partial charge in [-0.2, -0.15) is 5.10 Å². The number of ether oxygens (including phenoxy) is 1. The average Bonchev–Trinajstić information content (AvgIpc) is 3.27. The molecule has 1 saturated heterocycles. The molecule has 1 aliphatic rings. The van der Waals surface area contributed by atoms with Crippen molar-refractivity contribution in [2.45, 2.75) is 6.92 Å². The van der Waals surface area contributed by atoms with E-state index in [1.807, 2.05) is 30.1 Å². The molecule has 10 heteroatoms. The summed E-state index contributed by atoms with van der Waals surface area (Å²) in [6, 6.07) is 11.1. The van der Waals surface area contributed by atoms with Crippen LogP contribution in [0.15, 0.2) is 48.7 Å². The fourth-order valence-electron chi connectivity index (χ4n) is 3.98. The van der Waals surface area contributed by atoms with Gasteiger partial charge in [-0.3, -0.25) is 19.2 Å². The Morgan fingerprint density at radius 3 is 2.54 bits per heavy atom. The minimum absolute atomic E-state index is 0.108. The van der Waals surface area contributed by atoms with Crippen LogP contribution in [0.5, 0.6) is 5.75 Å². The lowest BCUT2D eigenvalue weighted by Gasteiger charge is -2.34. The Balaban J connectivity index is 1.46. The molecule has 35 heavy (non-hydrogen) atoms. The van der Waals surface area contributed by atoms with Crippen molar-refractivity contribution in [1.82, 2.24) is 19.6 Å². The molecule has 2 amide bonds. The third kappa shape index (κ3) is 5.98. The number of anilines is 1. The zero-order chi connectivity index (χ0) is 24.9. The maximum atomic E-state index is 13.4. The first kappa shape index (κ1) is 24.7. The summed E-state index contributed by atoms with van der Waals surface area (Å²) in [7, 11) is 1.83. The van der Waals surface area contributed by atoms with Crippen molar-refractivity contribution in [3.63, 3.8) is 0 Å². The first-order chi connectivity index (χ1) is 16.8. The number of hydrogen-bond donors (Lipinski definition) is 1. The lowest BCUT2D eigenvalue weighted by Crippen LogP contribution is -2.48. The summed E-state index contributed by atoms with van der Waals surface area (Å²) in [5, 5.41) is 6.97. The summed E-state index contributed by atoms with van der Waals surface area (Å²) in [6.07, 6.45) is 1.69. The van der Waals surface area contributed by atoms with E-state index in [1.54, 1.807) is 23.9 Å². The van der Waals surface area contributed by atoms with Crippen molar-refractivity contribution in [2.75, 3.05) is 44.6 Å². The van der Waals surface area contributed by atoms with Crippen LogP contribution in [-0.4, -0.2) is 70.7 Å². The number of aromatic nitrogens is 2. The van der Waals surface area contributed by atoms with Gasteiger partial charge in [-0.05, 0) is 42.5 Å². The third-order valence-electron chi connectivity index (χ3n) is 6.00. The molecular formula is C25H27ClFN5O3. The third-order valence-corrected chi connectivity index (χ3v) is 6.29. The van der Waals surface area contributed by atoms with Crippen molar-refractivity contribution in [2.24, 2.45) is 7.05 Å². The van der Waals surface area contributed by atoms with Gasteiger partial charge in [0.25, 0.3) is 5.91 Å². The second-order valence-corrected chi connectivity index (χ2v) is 8.74. The molecule has 0 bridgehead atoms. The topological polar surface area (TPSA) is 79.7 Å². The maximum absolute atomic E-state index is 13.4. The zero-order valence-corrected chi connectivity index (χ0v) is 20.4. The van der Waals surface area contributed by atoms with E-state index in [2.05, 4.69) is 15.3 Å². The predicted octanol–water partition coefficient (Wildman–Crippen LogP) is 3.67. The van der Waals surface area contributed by atoms with E-state index >= 15 is 0 Å². The van der Waals surface area contributed by atoms with Gasteiger partial charge >= 0.3 is 0 Å². The van der Waals surface area contributed by atoms with Gasteiger partial charge in [0.1, 0.15) is 18.2 Å². The smallest absolute Gasteiger partial charge is 0.255 e. The number of piperazine rings is 1. The van der Waals surface area contributed by atoms with Crippen molar-refractivity contribution >= 4 is 29.1 Å². The number of halogens is 2. The standard InChI is InChI=1S/C25H27ClFN5O3/c1-17(33)32-11-9-31(10-12-32)13-14-35-24-6-4-19(16-20(24)23-7-8-28-30(23)2)29-25(34)18-3-5-22(27)21(26)15-18/h3-8,15-16H,9-14H2,1-2H3,(H,29,34). The number of benzene rings is 2. The summed E-state index contributed by atoms with van der Waals surface area (Å²) in [6.45, 7) is 5.89. The predicted molar refractivity (Wildman–Crippen MR) is 132 cm³/mol. The lowest BCUT2D eigenvalue weighted by molar-refractivity contribution is -0.130. The number of hydrogen-bond acceptors (Lipinski definition) is 5. The quantitative estimate of drug-likeness (QED) is 0.536. The minimum atomic E-state index is -0.580. The second kappa shape index (κ2) is 10.9. The fraction of sp³-hybridized carbons (Fsp3) is 0.320. The Labute approximate surface area is 208 Å². The lowest BCUT2D eigenvalue weighted by atomic mass is 10.1. The zero-order valence-electron chi connectivity index (χ0n) is 19.6. The fourth-order valence-corrected chi connectivity index (χ4v) is 4.16. The average molecular weight is 500 g/mol. The number of rotatable bonds is 7. The summed E-state index contributed by atoms with van der Waals surface area (Å²) in [5.41, 5.74) is 2.42. The Bertz CT molecular complexity index is 1220. The molecule has 184 valence electrons. The first-order valence-electron chi connectivity index (χ1n) is 11.3. The number of aryl methyl sites for hydroxylation is 1. The normalized spacial score (nSPS) is 14.1. The summed E-state index contributed by atoms with van der Waals surface area (Å²) in [5.74, 6) is -0.208. The number of nitrogens with zero attached hydrogens (tertiary/aromatic N) is 4. The molecule has 1 fully saturated rings. The van der Waals surface area contributed by atoms with Gasteiger partial charge in [0.05, 0.1) is 10.7 Å². The Morgan fingerprint density at radius 1 is 1.11 bits per heavy atom. The molecule has 0 unspecified atom stereocenters. The van der Waals surface area contributed by atoms with Gasteiger partial charge in [0, 0.05) is 69.7 Å². The molecule has 8 nitrogen and oxygen atoms in total. The van der Waals surface area contributed by atoms with E-state index in [9.17, 15) is 14.0 Å². The van der Waals surface area contributed by atoms with E-state index in [0.29, 0.717) is 18.0 Å². The molecule has 2 heterocycles. The second-order valence-electron chi connectivity index (χ2n) is 8.33. The van der Waals surface area contributed by atoms with Crippen molar-refractivity contribution < 1.29 is 18.7 Å². The van der Waals surface area contributed by atoms with Crippen molar-refractivity contribution in [1.29, 1.82) is 0 Å². The molecule has 1 aliphatic heterocycles. The van der Waals surface area contributed by atoms with Gasteiger partial charge in [-0.15, -0.1) is 0 Å². The number of carbonyl (C=O) groups excluding carboxylic acids is 2. The van der Waals surface area contributed by atoms with Crippen LogP contribution in [0.3, 0.4) is 0 Å². The SMILES string of the molecule is CC(=O)N1CCN(CCOc2ccc(NC(=O)c3ccc(F)c(Cl)c3)cc2-c2ccnn2C)CC1. The molecule has 3 aromatic rings. The van der Waals surface area contributed by atoms with E-state index in [1.165, 1.54) is 12.1 Å². The van der Waals surface area contributed by atoms with Gasteiger partial charge in [0.15, 0.2) is 0 Å². The Kier molecular flexibility index (Phi) is 7.67. The van der Waals surface area contributed by atoms with Crippen molar-refractivity contribution in [3.8, 4) is 17.0 Å². The van der Waals surface area contributed by atoms with Crippen LogP contribution < -0.4 is 10.1 Å². The summed E-state index contributed by atoms with van der Waals surface area (Å²) < 4.78 is 21.3. The van der Waals surface area contributed by atoms with E-state index in [0.717, 1.165) is 50.0 Å². The van der Waals surface area contributed by atoms with Crippen LogP contribution in [0.4, 0.5) is 10.1 Å². The summed E-state index contributed by atoms with van der Waals surface area (Å²) >= 11 is 5.82. The number of nitrogens with one attached hydrogen (secondary N) is 1. The van der Waals surface area contributed by atoms with Crippen LogP contribution in [0, 0.1) is 5.82 Å². The van der Waals surface area contributed by atoms with E-state index < -0.39 is 11.7 Å². The van der Waals surface area contributed by atoms with Crippen LogP contribution >= 0.6 is 11.6 Å². The van der Waals surface area contributed by atoms with Gasteiger partial charge < -0.3 is 15.0 Å². The number of amides is 2. The van der Waals surface area contributed by atoms with Gasteiger partial charge in [-0.1, -0.05) is 11.6 Å². The Hall–Kier alpha value is -3.43. The van der Waals surface area contributed by atoms with Crippen LogP contribution in [0.25, 0.3) is 11.3 Å². The highest BCUT2D eigenvalue weighted by atomic mass is 35.5. The van der Waals surface area contributed by atoms with Crippen LogP contribution in [0.2, 0.25) is 5.02 Å². The molecule has 4 rings (SSSR count). The highest BCUT2D eigenvalue weighted by Crippen LogP contribution is 2.33. The number of carbonyl (C=O) groups is 2. The first-order valence-corrected chi connectivity index (χ1v) is 11.7. The highest BCUT2D eigenvalue weighted by Gasteiger charge is 2.19. The molecule has 0 aliphatic carbocycles. The molecule has 0 atom stereocenters. The summed E-state index contributed by atoms with van der Waals surface area (Å²) in [4.78, 5) is 28.3. The largest absolute Gasteiger partial charge is 0.492 e. The molecule has 1 N–H and O–H groups in total. The molecular weight excluding hydrogens is 473 g/mol.